The van der Waals surface area contributed by atoms with E-state index in [1.807, 2.05) is 6.92 Å². The summed E-state index contributed by atoms with van der Waals surface area (Å²) in [4.78, 5) is 12.6. The summed E-state index contributed by atoms with van der Waals surface area (Å²) in [5.74, 6) is -0.906. The summed E-state index contributed by atoms with van der Waals surface area (Å²) in [6, 6.07) is 18.4. The highest BCUT2D eigenvalue weighted by Gasteiger charge is 2.34. The highest BCUT2D eigenvalue weighted by atomic mass is 32.2. The number of carbonyl (C=O) groups excluding carboxylic acids is 1. The van der Waals surface area contributed by atoms with Crippen LogP contribution in [0.4, 0.5) is 24.5 Å². The van der Waals surface area contributed by atoms with E-state index in [4.69, 9.17) is 0 Å². The normalized spacial score (nSPS) is 11.7. The number of anilines is 2. The SMILES string of the molecule is Cc1ccc(N(CC(=O)Nc2ccccc2C(F)(F)F)S(=O)(=O)c2ccccc2)cc1. The number of hydrogen-bond donors (Lipinski definition) is 1. The molecule has 3 rings (SSSR count). The van der Waals surface area contributed by atoms with Gasteiger partial charge in [-0.15, -0.1) is 0 Å². The van der Waals surface area contributed by atoms with Gasteiger partial charge in [0.25, 0.3) is 10.0 Å². The van der Waals surface area contributed by atoms with Crippen LogP contribution in [0.3, 0.4) is 0 Å². The summed E-state index contributed by atoms with van der Waals surface area (Å²) in [5.41, 5.74) is -0.366. The number of sulfonamides is 1. The predicted molar refractivity (Wildman–Crippen MR) is 112 cm³/mol. The third-order valence-electron chi connectivity index (χ3n) is 4.45. The maximum absolute atomic E-state index is 13.2. The molecule has 0 saturated heterocycles. The fourth-order valence-electron chi connectivity index (χ4n) is 2.91. The zero-order valence-electron chi connectivity index (χ0n) is 16.4. The molecule has 0 aliphatic carbocycles. The van der Waals surface area contributed by atoms with Crippen LogP contribution in [-0.4, -0.2) is 20.9 Å². The van der Waals surface area contributed by atoms with Gasteiger partial charge in [0.1, 0.15) is 6.54 Å². The molecular weight excluding hydrogens is 429 g/mol. The molecule has 1 amide bonds. The lowest BCUT2D eigenvalue weighted by molar-refractivity contribution is -0.137. The summed E-state index contributed by atoms with van der Waals surface area (Å²) in [6.07, 6.45) is -4.67. The predicted octanol–water partition coefficient (Wildman–Crippen LogP) is 4.85. The molecule has 31 heavy (non-hydrogen) atoms. The third-order valence-corrected chi connectivity index (χ3v) is 6.24. The van der Waals surface area contributed by atoms with E-state index < -0.39 is 39.9 Å². The second kappa shape index (κ2) is 8.81. The lowest BCUT2D eigenvalue weighted by atomic mass is 10.1. The van der Waals surface area contributed by atoms with E-state index in [9.17, 15) is 26.4 Å². The van der Waals surface area contributed by atoms with E-state index in [2.05, 4.69) is 5.32 Å². The minimum Gasteiger partial charge on any atom is -0.324 e. The van der Waals surface area contributed by atoms with Gasteiger partial charge in [0, 0.05) is 0 Å². The Kier molecular flexibility index (Phi) is 6.35. The number of aryl methyl sites for hydroxylation is 1. The zero-order valence-corrected chi connectivity index (χ0v) is 17.2. The molecule has 3 aromatic rings. The average Bonchev–Trinajstić information content (AvgIpc) is 2.73. The lowest BCUT2D eigenvalue weighted by Crippen LogP contribution is -2.38. The smallest absolute Gasteiger partial charge is 0.324 e. The number of nitrogens with zero attached hydrogens (tertiary/aromatic N) is 1. The van der Waals surface area contributed by atoms with E-state index in [1.165, 1.54) is 36.4 Å². The molecule has 9 heteroatoms. The van der Waals surface area contributed by atoms with Crippen LogP contribution in [0.25, 0.3) is 0 Å². The molecular formula is C22H19F3N2O3S. The van der Waals surface area contributed by atoms with E-state index in [0.29, 0.717) is 0 Å². The Balaban J connectivity index is 1.95. The van der Waals surface area contributed by atoms with Crippen LogP contribution in [0.1, 0.15) is 11.1 Å². The van der Waals surface area contributed by atoms with Crippen LogP contribution in [-0.2, 0) is 21.0 Å². The van der Waals surface area contributed by atoms with E-state index in [0.717, 1.165) is 22.0 Å². The number of hydrogen-bond acceptors (Lipinski definition) is 3. The van der Waals surface area contributed by atoms with Gasteiger partial charge < -0.3 is 5.32 Å². The van der Waals surface area contributed by atoms with E-state index in [-0.39, 0.29) is 10.6 Å². The van der Waals surface area contributed by atoms with Crippen LogP contribution in [0.2, 0.25) is 0 Å². The molecule has 0 aliphatic rings. The first-order valence-electron chi connectivity index (χ1n) is 9.19. The van der Waals surface area contributed by atoms with Crippen LogP contribution in [0.15, 0.2) is 83.8 Å². The van der Waals surface area contributed by atoms with Gasteiger partial charge in [-0.1, -0.05) is 48.0 Å². The minimum absolute atomic E-state index is 0.0425. The van der Waals surface area contributed by atoms with Gasteiger partial charge in [-0.25, -0.2) is 8.42 Å². The van der Waals surface area contributed by atoms with Crippen molar-refractivity contribution in [3.8, 4) is 0 Å². The molecule has 0 bridgehead atoms. The Hall–Kier alpha value is -3.33. The van der Waals surface area contributed by atoms with Crippen molar-refractivity contribution in [1.29, 1.82) is 0 Å². The van der Waals surface area contributed by atoms with Crippen molar-refractivity contribution in [3.63, 3.8) is 0 Å². The fraction of sp³-hybridized carbons (Fsp3) is 0.136. The molecule has 0 heterocycles. The van der Waals surface area contributed by atoms with Gasteiger partial charge in [-0.2, -0.15) is 13.2 Å². The molecule has 0 atom stereocenters. The van der Waals surface area contributed by atoms with Gasteiger partial charge in [-0.3, -0.25) is 9.10 Å². The second-order valence-corrected chi connectivity index (χ2v) is 8.61. The van der Waals surface area contributed by atoms with Gasteiger partial charge in [0.05, 0.1) is 21.8 Å². The number of rotatable bonds is 6. The van der Waals surface area contributed by atoms with Gasteiger partial charge in [-0.05, 0) is 43.3 Å². The maximum Gasteiger partial charge on any atom is 0.418 e. The Bertz CT molecular complexity index is 1160. The van der Waals surface area contributed by atoms with Crippen molar-refractivity contribution in [2.75, 3.05) is 16.2 Å². The number of alkyl halides is 3. The Labute approximate surface area is 178 Å². The van der Waals surface area contributed by atoms with Crippen molar-refractivity contribution in [1.82, 2.24) is 0 Å². The number of halogens is 3. The molecule has 3 aromatic carbocycles. The molecule has 0 unspecified atom stereocenters. The van der Waals surface area contributed by atoms with Crippen LogP contribution in [0, 0.1) is 6.92 Å². The lowest BCUT2D eigenvalue weighted by Gasteiger charge is -2.24. The first kappa shape index (κ1) is 22.4. The monoisotopic (exact) mass is 448 g/mol. The van der Waals surface area contributed by atoms with Crippen LogP contribution < -0.4 is 9.62 Å². The summed E-state index contributed by atoms with van der Waals surface area (Å²) >= 11 is 0. The van der Waals surface area contributed by atoms with Gasteiger partial charge >= 0.3 is 6.18 Å². The van der Waals surface area contributed by atoms with Crippen molar-refractivity contribution in [2.24, 2.45) is 0 Å². The average molecular weight is 448 g/mol. The number of amides is 1. The largest absolute Gasteiger partial charge is 0.418 e. The van der Waals surface area contributed by atoms with Crippen LogP contribution >= 0.6 is 0 Å². The van der Waals surface area contributed by atoms with Gasteiger partial charge in [0.15, 0.2) is 0 Å². The van der Waals surface area contributed by atoms with E-state index in [1.54, 1.807) is 30.3 Å². The second-order valence-electron chi connectivity index (χ2n) is 6.75. The molecule has 0 radical (unpaired) electrons. The molecule has 5 nitrogen and oxygen atoms in total. The number of nitrogens with one attached hydrogen (secondary N) is 1. The maximum atomic E-state index is 13.2. The Morgan fingerprint density at radius 1 is 0.903 bits per heavy atom. The van der Waals surface area contributed by atoms with Crippen molar-refractivity contribution in [3.05, 3.63) is 90.0 Å². The molecule has 0 fully saturated rings. The zero-order chi connectivity index (χ0) is 22.6. The molecule has 1 N–H and O–H groups in total. The molecule has 0 saturated carbocycles. The number of para-hydroxylation sites is 1. The highest BCUT2D eigenvalue weighted by molar-refractivity contribution is 7.92. The summed E-state index contributed by atoms with van der Waals surface area (Å²) in [5, 5.41) is 2.19. The fourth-order valence-corrected chi connectivity index (χ4v) is 4.35. The standard InChI is InChI=1S/C22H19F3N2O3S/c1-16-11-13-17(14-12-16)27(31(29,30)18-7-3-2-4-8-18)15-21(28)26-20-10-6-5-9-19(20)22(23,24)25/h2-14H,15H2,1H3,(H,26,28). The number of benzene rings is 3. The molecule has 162 valence electrons. The Morgan fingerprint density at radius 3 is 2.10 bits per heavy atom. The number of carbonyl (C=O) groups is 1. The third kappa shape index (κ3) is 5.24. The van der Waals surface area contributed by atoms with Crippen molar-refractivity contribution < 1.29 is 26.4 Å². The quantitative estimate of drug-likeness (QED) is 0.586. The molecule has 0 aliphatic heterocycles. The topological polar surface area (TPSA) is 66.5 Å². The highest BCUT2D eigenvalue weighted by Crippen LogP contribution is 2.34. The molecule has 0 spiro atoms. The molecule has 0 aromatic heterocycles. The van der Waals surface area contributed by atoms with Crippen molar-refractivity contribution >= 4 is 27.3 Å². The van der Waals surface area contributed by atoms with Crippen molar-refractivity contribution in [2.45, 2.75) is 18.0 Å². The summed E-state index contributed by atoms with van der Waals surface area (Å²) in [6.45, 7) is 1.12. The van der Waals surface area contributed by atoms with Gasteiger partial charge in [0.2, 0.25) is 5.91 Å². The first-order chi connectivity index (χ1) is 14.6. The van der Waals surface area contributed by atoms with E-state index >= 15 is 0 Å². The van der Waals surface area contributed by atoms with Crippen LogP contribution in [0.5, 0.6) is 0 Å². The summed E-state index contributed by atoms with van der Waals surface area (Å²) in [7, 11) is -4.14. The summed E-state index contributed by atoms with van der Waals surface area (Å²) < 4.78 is 66.9. The first-order valence-corrected chi connectivity index (χ1v) is 10.6. The minimum atomic E-state index is -4.67. The Morgan fingerprint density at radius 2 is 1.48 bits per heavy atom.